The number of nitrogens with one attached hydrogen (secondary N) is 1. The van der Waals surface area contributed by atoms with Gasteiger partial charge in [0.15, 0.2) is 0 Å². The third kappa shape index (κ3) is 2.66. The lowest BCUT2D eigenvalue weighted by atomic mass is 10.1. The Hall–Kier alpha value is -1.17. The van der Waals surface area contributed by atoms with Crippen LogP contribution in [0.25, 0.3) is 0 Å². The van der Waals surface area contributed by atoms with Crippen molar-refractivity contribution >= 4 is 21.4 Å². The average molecular weight is 307 g/mol. The van der Waals surface area contributed by atoms with Crippen LogP contribution in [0.5, 0.6) is 0 Å². The smallest absolute Gasteiger partial charge is 0.210 e. The number of aryl methyl sites for hydroxylation is 1. The van der Waals surface area contributed by atoms with E-state index in [0.717, 1.165) is 18.4 Å². The van der Waals surface area contributed by atoms with Gasteiger partial charge in [-0.25, -0.2) is 13.1 Å². The zero-order valence-electron chi connectivity index (χ0n) is 11.3. The summed E-state index contributed by atoms with van der Waals surface area (Å²) >= 11 is 1.71. The summed E-state index contributed by atoms with van der Waals surface area (Å²) < 4.78 is 27.4. The van der Waals surface area contributed by atoms with Crippen molar-refractivity contribution in [2.45, 2.75) is 30.1 Å². The molecule has 3 nitrogen and oxygen atoms in total. The van der Waals surface area contributed by atoms with Gasteiger partial charge in [0.2, 0.25) is 10.0 Å². The van der Waals surface area contributed by atoms with Crippen molar-refractivity contribution in [1.29, 1.82) is 0 Å². The normalized spacial score (nSPS) is 17.1. The van der Waals surface area contributed by atoms with Crippen LogP contribution < -0.4 is 4.72 Å². The fourth-order valence-corrected chi connectivity index (χ4v) is 4.56. The monoisotopic (exact) mass is 307 g/mol. The highest BCUT2D eigenvalue weighted by Gasteiger charge is 2.45. The van der Waals surface area contributed by atoms with Gasteiger partial charge in [0.1, 0.15) is 0 Å². The number of hydrogen-bond donors (Lipinski definition) is 1. The molecule has 0 aliphatic heterocycles. The first-order valence-electron chi connectivity index (χ1n) is 6.62. The van der Waals surface area contributed by atoms with Crippen molar-refractivity contribution in [1.82, 2.24) is 4.72 Å². The lowest BCUT2D eigenvalue weighted by Gasteiger charge is -2.14. The van der Waals surface area contributed by atoms with E-state index in [1.807, 2.05) is 24.4 Å². The highest BCUT2D eigenvalue weighted by molar-refractivity contribution is 7.89. The Morgan fingerprint density at radius 2 is 2.05 bits per heavy atom. The van der Waals surface area contributed by atoms with Crippen molar-refractivity contribution in [2.24, 2.45) is 0 Å². The van der Waals surface area contributed by atoms with Crippen LogP contribution in [0.4, 0.5) is 0 Å². The first-order valence-corrected chi connectivity index (χ1v) is 8.99. The summed E-state index contributed by atoms with van der Waals surface area (Å²) in [7, 11) is -3.41. The molecular weight excluding hydrogens is 290 g/mol. The van der Waals surface area contributed by atoms with Crippen molar-refractivity contribution in [3.8, 4) is 0 Å². The van der Waals surface area contributed by atoms with Crippen molar-refractivity contribution < 1.29 is 8.42 Å². The van der Waals surface area contributed by atoms with Crippen LogP contribution in [-0.2, 0) is 15.4 Å². The lowest BCUT2D eigenvalue weighted by Crippen LogP contribution is -2.31. The maximum atomic E-state index is 12.3. The molecule has 0 spiro atoms. The number of rotatable bonds is 5. The average Bonchev–Trinajstić information content (AvgIpc) is 3.01. The van der Waals surface area contributed by atoms with E-state index in [1.54, 1.807) is 29.5 Å². The van der Waals surface area contributed by atoms with E-state index in [2.05, 4.69) is 10.8 Å². The molecule has 1 aromatic carbocycles. The first kappa shape index (κ1) is 13.8. The van der Waals surface area contributed by atoms with Gasteiger partial charge in [-0.15, -0.1) is 11.3 Å². The molecule has 5 heteroatoms. The quantitative estimate of drug-likeness (QED) is 0.923. The third-order valence-electron chi connectivity index (χ3n) is 3.80. The van der Waals surface area contributed by atoms with Gasteiger partial charge < -0.3 is 0 Å². The zero-order chi connectivity index (χ0) is 14.2. The minimum Gasteiger partial charge on any atom is -0.210 e. The van der Waals surface area contributed by atoms with E-state index in [-0.39, 0.29) is 5.41 Å². The summed E-state index contributed by atoms with van der Waals surface area (Å²) in [5, 5.41) is 2.05. The molecule has 1 aliphatic rings. The molecule has 0 saturated heterocycles. The van der Waals surface area contributed by atoms with Gasteiger partial charge in [0, 0.05) is 16.8 Å². The second-order valence-corrected chi connectivity index (χ2v) is 8.11. The Morgan fingerprint density at radius 3 is 2.65 bits per heavy atom. The Bertz CT molecular complexity index is 701. The molecule has 1 aliphatic carbocycles. The van der Waals surface area contributed by atoms with Crippen molar-refractivity contribution in [2.75, 3.05) is 6.54 Å². The summed E-state index contributed by atoms with van der Waals surface area (Å²) in [6.45, 7) is 2.39. The molecule has 1 heterocycles. The summed E-state index contributed by atoms with van der Waals surface area (Å²) in [4.78, 5) is 1.63. The fraction of sp³-hybridized carbons (Fsp3) is 0.333. The molecule has 106 valence electrons. The fourth-order valence-electron chi connectivity index (χ4n) is 2.34. The molecule has 0 amide bonds. The minimum absolute atomic E-state index is 0.0328. The molecule has 1 aromatic heterocycles. The van der Waals surface area contributed by atoms with Crippen LogP contribution in [0.15, 0.2) is 46.7 Å². The second-order valence-electron chi connectivity index (χ2n) is 5.40. The highest BCUT2D eigenvalue weighted by atomic mass is 32.2. The Kier molecular flexibility index (Phi) is 3.44. The molecule has 2 aromatic rings. The largest absolute Gasteiger partial charge is 0.240 e. The number of benzene rings is 1. The molecule has 0 bridgehead atoms. The van der Waals surface area contributed by atoms with Crippen LogP contribution in [0.3, 0.4) is 0 Å². The highest BCUT2D eigenvalue weighted by Crippen LogP contribution is 2.49. The van der Waals surface area contributed by atoms with Gasteiger partial charge in [-0.05, 0) is 48.9 Å². The van der Waals surface area contributed by atoms with Crippen LogP contribution in [0, 0.1) is 6.92 Å². The van der Waals surface area contributed by atoms with Gasteiger partial charge in [0.25, 0.3) is 0 Å². The SMILES string of the molecule is Cc1cccc(S(=O)(=O)NCC2(c3cccs3)CC2)c1. The first-order chi connectivity index (χ1) is 9.52. The Labute approximate surface area is 123 Å². The molecule has 0 atom stereocenters. The topological polar surface area (TPSA) is 46.2 Å². The summed E-state index contributed by atoms with van der Waals surface area (Å²) in [6.07, 6.45) is 2.12. The van der Waals surface area contributed by atoms with E-state index in [4.69, 9.17) is 0 Å². The minimum atomic E-state index is -3.41. The molecule has 0 unspecified atom stereocenters. The van der Waals surface area contributed by atoms with Crippen LogP contribution in [-0.4, -0.2) is 15.0 Å². The molecule has 0 radical (unpaired) electrons. The number of sulfonamides is 1. The molecule has 1 fully saturated rings. The standard InChI is InChI=1S/C15H17NO2S2/c1-12-4-2-5-13(10-12)20(17,18)16-11-15(7-8-15)14-6-3-9-19-14/h2-6,9-10,16H,7-8,11H2,1H3. The summed E-state index contributed by atoms with van der Waals surface area (Å²) in [5.74, 6) is 0. The predicted molar refractivity (Wildman–Crippen MR) is 81.6 cm³/mol. The van der Waals surface area contributed by atoms with Crippen LogP contribution >= 0.6 is 11.3 Å². The van der Waals surface area contributed by atoms with Gasteiger partial charge in [0.05, 0.1) is 4.90 Å². The number of hydrogen-bond acceptors (Lipinski definition) is 3. The van der Waals surface area contributed by atoms with Crippen molar-refractivity contribution in [3.63, 3.8) is 0 Å². The molecular formula is C15H17NO2S2. The van der Waals surface area contributed by atoms with E-state index in [9.17, 15) is 8.42 Å². The van der Waals surface area contributed by atoms with Gasteiger partial charge >= 0.3 is 0 Å². The third-order valence-corrected chi connectivity index (χ3v) is 6.31. The Morgan fingerprint density at radius 1 is 1.25 bits per heavy atom. The van der Waals surface area contributed by atoms with Crippen LogP contribution in [0.1, 0.15) is 23.3 Å². The lowest BCUT2D eigenvalue weighted by molar-refractivity contribution is 0.568. The van der Waals surface area contributed by atoms with E-state index < -0.39 is 10.0 Å². The molecule has 20 heavy (non-hydrogen) atoms. The molecule has 1 N–H and O–H groups in total. The second kappa shape index (κ2) is 4.98. The predicted octanol–water partition coefficient (Wildman–Crippen LogP) is 3.07. The van der Waals surface area contributed by atoms with Gasteiger partial charge in [-0.2, -0.15) is 0 Å². The van der Waals surface area contributed by atoms with E-state index in [0.29, 0.717) is 11.4 Å². The summed E-state index contributed by atoms with van der Waals surface area (Å²) in [6, 6.07) is 11.1. The number of thiophene rings is 1. The van der Waals surface area contributed by atoms with Crippen LogP contribution in [0.2, 0.25) is 0 Å². The van der Waals surface area contributed by atoms with Crippen molar-refractivity contribution in [3.05, 3.63) is 52.2 Å². The Balaban J connectivity index is 1.75. The van der Waals surface area contributed by atoms with E-state index in [1.165, 1.54) is 4.88 Å². The van der Waals surface area contributed by atoms with Gasteiger partial charge in [-0.1, -0.05) is 18.2 Å². The zero-order valence-corrected chi connectivity index (χ0v) is 12.9. The maximum Gasteiger partial charge on any atom is 0.240 e. The molecule has 1 saturated carbocycles. The summed E-state index contributed by atoms with van der Waals surface area (Å²) in [5.41, 5.74) is 0.984. The van der Waals surface area contributed by atoms with Gasteiger partial charge in [-0.3, -0.25) is 0 Å². The maximum absolute atomic E-state index is 12.3. The van der Waals surface area contributed by atoms with E-state index >= 15 is 0 Å². The molecule has 3 rings (SSSR count).